The maximum Gasteiger partial charge on any atom is 0.504 e. The zero-order valence-electron chi connectivity index (χ0n) is 9.59. The third kappa shape index (κ3) is 2.68. The summed E-state index contributed by atoms with van der Waals surface area (Å²) < 4.78 is 4.99. The molecule has 16 heavy (non-hydrogen) atoms. The molecule has 2 rings (SSSR count). The van der Waals surface area contributed by atoms with Crippen LogP contribution in [-0.4, -0.2) is 50.8 Å². The standard InChI is InChI=1S/C11H17BN2O2/c1-13-6-8-14(9-7-13)10-2-4-11(5-3-10)16-12-15/h2-5,12,15H,6-9H2,1H3. The monoisotopic (exact) mass is 220 g/mol. The smallest absolute Gasteiger partial charge is 0.504 e. The van der Waals surface area contributed by atoms with Gasteiger partial charge in [-0.3, -0.25) is 0 Å². The van der Waals surface area contributed by atoms with Crippen LogP contribution in [0.4, 0.5) is 5.69 Å². The second-order valence-electron chi connectivity index (χ2n) is 4.06. The van der Waals surface area contributed by atoms with Crippen molar-refractivity contribution in [2.24, 2.45) is 0 Å². The maximum absolute atomic E-state index is 8.63. The fourth-order valence-electron chi connectivity index (χ4n) is 1.89. The van der Waals surface area contributed by atoms with Gasteiger partial charge in [-0.05, 0) is 31.3 Å². The number of hydrogen-bond donors (Lipinski definition) is 1. The van der Waals surface area contributed by atoms with Crippen molar-refractivity contribution in [3.8, 4) is 5.75 Å². The Morgan fingerprint density at radius 3 is 2.31 bits per heavy atom. The van der Waals surface area contributed by atoms with E-state index in [2.05, 4.69) is 16.8 Å². The molecular formula is C11H17BN2O2. The van der Waals surface area contributed by atoms with Gasteiger partial charge < -0.3 is 19.5 Å². The van der Waals surface area contributed by atoms with Crippen molar-refractivity contribution >= 4 is 13.4 Å². The summed E-state index contributed by atoms with van der Waals surface area (Å²) in [5.74, 6) is 0.709. The zero-order chi connectivity index (χ0) is 11.4. The normalized spacial score (nSPS) is 17.2. The molecule has 0 atom stereocenters. The first-order valence-corrected chi connectivity index (χ1v) is 5.57. The Morgan fingerprint density at radius 2 is 1.75 bits per heavy atom. The van der Waals surface area contributed by atoms with Crippen molar-refractivity contribution < 1.29 is 9.68 Å². The van der Waals surface area contributed by atoms with Gasteiger partial charge in [0.25, 0.3) is 0 Å². The van der Waals surface area contributed by atoms with Crippen molar-refractivity contribution in [1.82, 2.24) is 4.90 Å². The molecule has 0 bridgehead atoms. The van der Waals surface area contributed by atoms with E-state index < -0.39 is 0 Å². The van der Waals surface area contributed by atoms with E-state index in [1.54, 1.807) is 0 Å². The molecule has 1 N–H and O–H groups in total. The number of likely N-dealkylation sites (N-methyl/N-ethyl adjacent to an activating group) is 1. The molecule has 0 aliphatic carbocycles. The minimum Gasteiger partial charge on any atom is -0.539 e. The van der Waals surface area contributed by atoms with Crippen LogP contribution in [-0.2, 0) is 0 Å². The van der Waals surface area contributed by atoms with E-state index in [1.807, 2.05) is 24.3 Å². The molecule has 0 radical (unpaired) electrons. The minimum atomic E-state index is -0.270. The summed E-state index contributed by atoms with van der Waals surface area (Å²) in [5, 5.41) is 8.63. The summed E-state index contributed by atoms with van der Waals surface area (Å²) in [5.41, 5.74) is 1.22. The molecule has 4 nitrogen and oxygen atoms in total. The highest BCUT2D eigenvalue weighted by Gasteiger charge is 2.13. The van der Waals surface area contributed by atoms with Gasteiger partial charge in [0, 0.05) is 31.9 Å². The Bertz CT molecular complexity index is 323. The van der Waals surface area contributed by atoms with E-state index in [4.69, 9.17) is 9.68 Å². The van der Waals surface area contributed by atoms with E-state index in [1.165, 1.54) is 5.69 Å². The molecule has 0 unspecified atom stereocenters. The van der Waals surface area contributed by atoms with Gasteiger partial charge in [-0.15, -0.1) is 0 Å². The van der Waals surface area contributed by atoms with E-state index in [0.717, 1.165) is 26.2 Å². The molecule has 0 aromatic heterocycles. The molecule has 0 amide bonds. The summed E-state index contributed by atoms with van der Waals surface area (Å²) in [4.78, 5) is 4.70. The molecule has 1 aliphatic heterocycles. The summed E-state index contributed by atoms with van der Waals surface area (Å²) in [6.07, 6.45) is 0. The lowest BCUT2D eigenvalue weighted by atomic mass is 10.2. The third-order valence-electron chi connectivity index (χ3n) is 2.94. The van der Waals surface area contributed by atoms with Gasteiger partial charge >= 0.3 is 7.69 Å². The predicted octanol–water partition coefficient (Wildman–Crippen LogP) is 0.0760. The minimum absolute atomic E-state index is 0.270. The molecule has 1 aliphatic rings. The average molecular weight is 220 g/mol. The lowest BCUT2D eigenvalue weighted by Crippen LogP contribution is -2.44. The number of nitrogens with zero attached hydrogens (tertiary/aromatic N) is 2. The highest BCUT2D eigenvalue weighted by Crippen LogP contribution is 2.20. The maximum atomic E-state index is 8.63. The van der Waals surface area contributed by atoms with Gasteiger partial charge in [0.2, 0.25) is 0 Å². The van der Waals surface area contributed by atoms with Crippen LogP contribution in [0.5, 0.6) is 5.75 Å². The molecule has 1 saturated heterocycles. The van der Waals surface area contributed by atoms with Crippen LogP contribution in [0.1, 0.15) is 0 Å². The van der Waals surface area contributed by atoms with Crippen LogP contribution >= 0.6 is 0 Å². The molecule has 1 aromatic rings. The molecule has 0 saturated carbocycles. The van der Waals surface area contributed by atoms with Crippen LogP contribution < -0.4 is 9.55 Å². The van der Waals surface area contributed by atoms with Crippen LogP contribution in [0, 0.1) is 0 Å². The van der Waals surface area contributed by atoms with Gasteiger partial charge in [0.05, 0.1) is 0 Å². The Balaban J connectivity index is 1.98. The molecule has 1 heterocycles. The number of piperazine rings is 1. The second kappa shape index (κ2) is 5.23. The van der Waals surface area contributed by atoms with Crippen LogP contribution in [0.3, 0.4) is 0 Å². The summed E-state index contributed by atoms with van der Waals surface area (Å²) in [6, 6.07) is 7.86. The fraction of sp³-hybridized carbons (Fsp3) is 0.455. The van der Waals surface area contributed by atoms with Gasteiger partial charge in [-0.1, -0.05) is 0 Å². The lowest BCUT2D eigenvalue weighted by molar-refractivity contribution is 0.313. The first kappa shape index (κ1) is 11.3. The molecule has 5 heteroatoms. The molecule has 0 spiro atoms. The third-order valence-corrected chi connectivity index (χ3v) is 2.94. The van der Waals surface area contributed by atoms with E-state index in [9.17, 15) is 0 Å². The average Bonchev–Trinajstić information content (AvgIpc) is 2.32. The Kier molecular flexibility index (Phi) is 3.69. The largest absolute Gasteiger partial charge is 0.539 e. The first-order valence-electron chi connectivity index (χ1n) is 5.57. The zero-order valence-corrected chi connectivity index (χ0v) is 9.59. The van der Waals surface area contributed by atoms with E-state index >= 15 is 0 Å². The van der Waals surface area contributed by atoms with Crippen molar-refractivity contribution in [2.75, 3.05) is 38.1 Å². The van der Waals surface area contributed by atoms with Crippen molar-refractivity contribution in [1.29, 1.82) is 0 Å². The second-order valence-corrected chi connectivity index (χ2v) is 4.06. The quantitative estimate of drug-likeness (QED) is 0.731. The molecule has 1 aromatic carbocycles. The van der Waals surface area contributed by atoms with E-state index in [-0.39, 0.29) is 7.69 Å². The Labute approximate surface area is 96.7 Å². The van der Waals surface area contributed by atoms with Crippen LogP contribution in [0.15, 0.2) is 24.3 Å². The molecule has 86 valence electrons. The summed E-state index contributed by atoms with van der Waals surface area (Å²) >= 11 is 0. The lowest BCUT2D eigenvalue weighted by Gasteiger charge is -2.34. The van der Waals surface area contributed by atoms with Crippen molar-refractivity contribution in [3.05, 3.63) is 24.3 Å². The highest BCUT2D eigenvalue weighted by atomic mass is 16.5. The van der Waals surface area contributed by atoms with Crippen molar-refractivity contribution in [3.63, 3.8) is 0 Å². The van der Waals surface area contributed by atoms with Crippen LogP contribution in [0.25, 0.3) is 0 Å². The molecular weight excluding hydrogens is 203 g/mol. The fourth-order valence-corrected chi connectivity index (χ4v) is 1.89. The predicted molar refractivity (Wildman–Crippen MR) is 66.1 cm³/mol. The Hall–Kier alpha value is -1.20. The van der Waals surface area contributed by atoms with Gasteiger partial charge in [0.1, 0.15) is 5.75 Å². The van der Waals surface area contributed by atoms with Gasteiger partial charge in [-0.2, -0.15) is 0 Å². The summed E-state index contributed by atoms with van der Waals surface area (Å²) in [7, 11) is 1.88. The first-order chi connectivity index (χ1) is 7.79. The number of hydrogen-bond acceptors (Lipinski definition) is 4. The van der Waals surface area contributed by atoms with E-state index in [0.29, 0.717) is 5.75 Å². The topological polar surface area (TPSA) is 35.9 Å². The SMILES string of the molecule is CN1CCN(c2ccc(OBO)cc2)CC1. The number of anilines is 1. The van der Waals surface area contributed by atoms with Crippen LogP contribution in [0.2, 0.25) is 0 Å². The van der Waals surface area contributed by atoms with Crippen molar-refractivity contribution in [2.45, 2.75) is 0 Å². The van der Waals surface area contributed by atoms with Gasteiger partial charge in [0.15, 0.2) is 0 Å². The highest BCUT2D eigenvalue weighted by molar-refractivity contribution is 6.17. The number of rotatable bonds is 3. The number of benzene rings is 1. The molecule has 1 fully saturated rings. The summed E-state index contributed by atoms with van der Waals surface area (Å²) in [6.45, 7) is 4.34. The Morgan fingerprint density at radius 1 is 1.12 bits per heavy atom. The van der Waals surface area contributed by atoms with Gasteiger partial charge in [-0.25, -0.2) is 0 Å².